The maximum atomic E-state index is 12.9. The molecule has 2 aromatic rings. The monoisotopic (exact) mass is 338 g/mol. The molecular formula is C20H26N4O. The van der Waals surface area contributed by atoms with E-state index >= 15 is 0 Å². The van der Waals surface area contributed by atoms with Gasteiger partial charge in [0.1, 0.15) is 0 Å². The molecule has 4 rings (SSSR count). The first kappa shape index (κ1) is 16.3. The smallest absolute Gasteiger partial charge is 0.272 e. The number of aromatic nitrogens is 2. The fourth-order valence-electron chi connectivity index (χ4n) is 3.91. The summed E-state index contributed by atoms with van der Waals surface area (Å²) in [5, 5.41) is 11.3. The maximum absolute atomic E-state index is 12.9. The number of carbonyl (C=O) groups excluding carboxylic acids is 1. The highest BCUT2D eigenvalue weighted by Gasteiger charge is 2.27. The normalized spacial score (nSPS) is 20.1. The van der Waals surface area contributed by atoms with Gasteiger partial charge in [-0.1, -0.05) is 17.7 Å². The van der Waals surface area contributed by atoms with E-state index in [4.69, 9.17) is 5.10 Å². The van der Waals surface area contributed by atoms with Gasteiger partial charge >= 0.3 is 0 Å². The van der Waals surface area contributed by atoms with E-state index in [0.717, 1.165) is 62.9 Å². The van der Waals surface area contributed by atoms with Gasteiger partial charge in [0, 0.05) is 23.8 Å². The van der Waals surface area contributed by atoms with Crippen molar-refractivity contribution in [3.05, 3.63) is 46.8 Å². The van der Waals surface area contributed by atoms with E-state index < -0.39 is 0 Å². The predicted molar refractivity (Wildman–Crippen MR) is 98.3 cm³/mol. The average Bonchev–Trinajstić information content (AvgIpc) is 3.03. The summed E-state index contributed by atoms with van der Waals surface area (Å²) in [6, 6.07) is 8.58. The van der Waals surface area contributed by atoms with Gasteiger partial charge in [-0.15, -0.1) is 0 Å². The summed E-state index contributed by atoms with van der Waals surface area (Å²) in [7, 11) is 0. The molecule has 2 aliphatic rings. The first-order chi connectivity index (χ1) is 12.2. The fraction of sp³-hybridized carbons (Fsp3) is 0.500. The Bertz CT molecular complexity index is 757. The molecule has 1 amide bonds. The molecule has 0 bridgehead atoms. The predicted octanol–water partition coefficient (Wildman–Crippen LogP) is 2.54. The van der Waals surface area contributed by atoms with Crippen molar-refractivity contribution in [1.29, 1.82) is 0 Å². The highest BCUT2D eigenvalue weighted by molar-refractivity contribution is 5.94. The first-order valence-electron chi connectivity index (χ1n) is 9.42. The second-order valence-corrected chi connectivity index (χ2v) is 7.25. The SMILES string of the molecule is Cc1ccc(-n2nc(C(=O)N[C@H]3CCCNC3)c3c2CCCC3)cc1. The number of carbonyl (C=O) groups is 1. The Hall–Kier alpha value is -2.14. The molecule has 1 saturated heterocycles. The minimum atomic E-state index is -0.0160. The van der Waals surface area contributed by atoms with Crippen molar-refractivity contribution in [3.63, 3.8) is 0 Å². The molecule has 0 unspecified atom stereocenters. The molecular weight excluding hydrogens is 312 g/mol. The minimum absolute atomic E-state index is 0.0160. The van der Waals surface area contributed by atoms with Crippen molar-refractivity contribution in [2.75, 3.05) is 13.1 Å². The zero-order valence-electron chi connectivity index (χ0n) is 14.8. The van der Waals surface area contributed by atoms with Gasteiger partial charge in [0.05, 0.1) is 5.69 Å². The summed E-state index contributed by atoms with van der Waals surface area (Å²) in [6.07, 6.45) is 6.40. The second-order valence-electron chi connectivity index (χ2n) is 7.25. The minimum Gasteiger partial charge on any atom is -0.347 e. The van der Waals surface area contributed by atoms with Gasteiger partial charge in [-0.3, -0.25) is 4.79 Å². The van der Waals surface area contributed by atoms with Gasteiger partial charge in [-0.25, -0.2) is 4.68 Å². The van der Waals surface area contributed by atoms with Crippen LogP contribution in [0.1, 0.15) is 53.0 Å². The summed E-state index contributed by atoms with van der Waals surface area (Å²) in [5.74, 6) is -0.0160. The van der Waals surface area contributed by atoms with Gasteiger partial charge in [0.25, 0.3) is 5.91 Å². The number of rotatable bonds is 3. The van der Waals surface area contributed by atoms with E-state index in [1.165, 1.54) is 11.3 Å². The third kappa shape index (κ3) is 3.33. The number of hydrogen-bond donors (Lipinski definition) is 2. The number of amides is 1. The van der Waals surface area contributed by atoms with Crippen LogP contribution >= 0.6 is 0 Å². The molecule has 0 radical (unpaired) electrons. The lowest BCUT2D eigenvalue weighted by Gasteiger charge is -2.23. The Morgan fingerprint density at radius 1 is 1.20 bits per heavy atom. The topological polar surface area (TPSA) is 59.0 Å². The molecule has 0 spiro atoms. The average molecular weight is 338 g/mol. The Morgan fingerprint density at radius 2 is 2.00 bits per heavy atom. The maximum Gasteiger partial charge on any atom is 0.272 e. The van der Waals surface area contributed by atoms with Gasteiger partial charge < -0.3 is 10.6 Å². The number of fused-ring (bicyclic) bond motifs is 1. The molecule has 1 aromatic heterocycles. The van der Waals surface area contributed by atoms with Crippen LogP contribution in [0, 0.1) is 6.92 Å². The van der Waals surface area contributed by atoms with Gasteiger partial charge in [0.2, 0.25) is 0 Å². The zero-order valence-corrected chi connectivity index (χ0v) is 14.8. The Labute approximate surface area is 148 Å². The molecule has 1 fully saturated rings. The summed E-state index contributed by atoms with van der Waals surface area (Å²) in [6.45, 7) is 3.98. The highest BCUT2D eigenvalue weighted by Crippen LogP contribution is 2.27. The molecule has 0 saturated carbocycles. The van der Waals surface area contributed by atoms with Crippen molar-refractivity contribution < 1.29 is 4.79 Å². The van der Waals surface area contributed by atoms with Crippen molar-refractivity contribution in [2.45, 2.75) is 51.5 Å². The van der Waals surface area contributed by atoms with E-state index in [2.05, 4.69) is 41.8 Å². The number of nitrogens with zero attached hydrogens (tertiary/aromatic N) is 2. The largest absolute Gasteiger partial charge is 0.347 e. The van der Waals surface area contributed by atoms with Crippen LogP contribution in [0.4, 0.5) is 0 Å². The molecule has 1 aliphatic carbocycles. The summed E-state index contributed by atoms with van der Waals surface area (Å²) < 4.78 is 1.99. The zero-order chi connectivity index (χ0) is 17.2. The summed E-state index contributed by atoms with van der Waals surface area (Å²) in [5.41, 5.74) is 5.26. The van der Waals surface area contributed by atoms with Crippen LogP contribution in [-0.2, 0) is 12.8 Å². The Morgan fingerprint density at radius 3 is 2.76 bits per heavy atom. The van der Waals surface area contributed by atoms with E-state index in [0.29, 0.717) is 5.69 Å². The van der Waals surface area contributed by atoms with E-state index in [1.807, 2.05) is 4.68 Å². The van der Waals surface area contributed by atoms with Gasteiger partial charge in [0.15, 0.2) is 5.69 Å². The number of hydrogen-bond acceptors (Lipinski definition) is 3. The molecule has 5 heteroatoms. The van der Waals surface area contributed by atoms with Crippen molar-refractivity contribution >= 4 is 5.91 Å². The van der Waals surface area contributed by atoms with Crippen LogP contribution in [0.5, 0.6) is 0 Å². The second kappa shape index (κ2) is 7.00. The van der Waals surface area contributed by atoms with Gasteiger partial charge in [-0.2, -0.15) is 5.10 Å². The van der Waals surface area contributed by atoms with Crippen molar-refractivity contribution in [2.24, 2.45) is 0 Å². The molecule has 25 heavy (non-hydrogen) atoms. The molecule has 1 atom stereocenters. The molecule has 2 heterocycles. The van der Waals surface area contributed by atoms with Crippen molar-refractivity contribution in [1.82, 2.24) is 20.4 Å². The van der Waals surface area contributed by atoms with Crippen LogP contribution in [-0.4, -0.2) is 34.8 Å². The first-order valence-corrected chi connectivity index (χ1v) is 9.42. The van der Waals surface area contributed by atoms with E-state index in [-0.39, 0.29) is 11.9 Å². The van der Waals surface area contributed by atoms with Gasteiger partial charge in [-0.05, 0) is 64.1 Å². The summed E-state index contributed by atoms with van der Waals surface area (Å²) >= 11 is 0. The third-order valence-electron chi connectivity index (χ3n) is 5.31. The van der Waals surface area contributed by atoms with Crippen LogP contribution < -0.4 is 10.6 Å². The fourth-order valence-corrected chi connectivity index (χ4v) is 3.91. The van der Waals surface area contributed by atoms with Crippen LogP contribution in [0.2, 0.25) is 0 Å². The third-order valence-corrected chi connectivity index (χ3v) is 5.31. The van der Waals surface area contributed by atoms with E-state index in [9.17, 15) is 4.79 Å². The van der Waals surface area contributed by atoms with Crippen LogP contribution in [0.15, 0.2) is 24.3 Å². The Kier molecular flexibility index (Phi) is 4.57. The number of piperidine rings is 1. The lowest BCUT2D eigenvalue weighted by Crippen LogP contribution is -2.45. The standard InChI is InChI=1S/C20H26N4O/c1-14-8-10-16(11-9-14)24-18-7-3-2-6-17(18)19(23-24)20(25)22-15-5-4-12-21-13-15/h8-11,15,21H,2-7,12-13H2,1H3,(H,22,25)/t15-/m0/s1. The van der Waals surface area contributed by atoms with Crippen molar-refractivity contribution in [3.8, 4) is 5.69 Å². The summed E-state index contributed by atoms with van der Waals surface area (Å²) in [4.78, 5) is 12.9. The number of benzene rings is 1. The molecule has 2 N–H and O–H groups in total. The lowest BCUT2D eigenvalue weighted by atomic mass is 9.95. The molecule has 5 nitrogen and oxygen atoms in total. The molecule has 132 valence electrons. The van der Waals surface area contributed by atoms with E-state index in [1.54, 1.807) is 0 Å². The Balaban J connectivity index is 1.65. The number of nitrogens with one attached hydrogen (secondary N) is 2. The van der Waals surface area contributed by atoms with Crippen LogP contribution in [0.25, 0.3) is 5.69 Å². The molecule has 1 aromatic carbocycles. The lowest BCUT2D eigenvalue weighted by molar-refractivity contribution is 0.0924. The number of aryl methyl sites for hydroxylation is 1. The quantitative estimate of drug-likeness (QED) is 0.904. The van der Waals surface area contributed by atoms with Crippen LogP contribution in [0.3, 0.4) is 0 Å². The highest BCUT2D eigenvalue weighted by atomic mass is 16.2. The molecule has 1 aliphatic heterocycles.